The molecule has 2 aromatic carbocycles. The van der Waals surface area contributed by atoms with Crippen molar-refractivity contribution in [3.05, 3.63) is 70.3 Å². The number of nitrogens with one attached hydrogen (secondary N) is 1. The van der Waals surface area contributed by atoms with Crippen LogP contribution in [0.4, 0.5) is 8.78 Å². The molecule has 0 saturated heterocycles. The molecule has 2 atom stereocenters. The van der Waals surface area contributed by atoms with E-state index < -0.39 is 29.8 Å². The maximum Gasteiger partial charge on any atom is 0.303 e. The van der Waals surface area contributed by atoms with Crippen LogP contribution in [0.1, 0.15) is 62.0 Å². The van der Waals surface area contributed by atoms with Crippen molar-refractivity contribution in [2.45, 2.75) is 70.6 Å². The number of halogens is 2. The molecule has 0 aromatic heterocycles. The van der Waals surface area contributed by atoms with Gasteiger partial charge in [-0.3, -0.25) is 4.79 Å². The van der Waals surface area contributed by atoms with E-state index in [2.05, 4.69) is 43.4 Å². The predicted molar refractivity (Wildman–Crippen MR) is 127 cm³/mol. The van der Waals surface area contributed by atoms with E-state index in [-0.39, 0.29) is 25.0 Å². The molecular weight excluding hydrogens is 440 g/mol. The minimum atomic E-state index is -1.02. The molecule has 0 radical (unpaired) electrons. The van der Waals surface area contributed by atoms with Gasteiger partial charge in [0.15, 0.2) is 11.6 Å². The molecule has 0 amide bonds. The van der Waals surface area contributed by atoms with Crippen LogP contribution >= 0.6 is 0 Å². The number of aliphatic hydroxyl groups excluding tert-OH is 1. The highest BCUT2D eigenvalue weighted by Gasteiger charge is 2.28. The van der Waals surface area contributed by atoms with Crippen molar-refractivity contribution in [3.8, 4) is 0 Å². The summed E-state index contributed by atoms with van der Waals surface area (Å²) in [4.78, 5) is 10.9. The fraction of sp³-hybridized carbons (Fsp3) is 0.519. The number of hydrogen-bond donors (Lipinski definition) is 3. The molecule has 0 bridgehead atoms. The van der Waals surface area contributed by atoms with E-state index in [9.17, 15) is 18.7 Å². The summed E-state index contributed by atoms with van der Waals surface area (Å²) in [7, 11) is 0. The van der Waals surface area contributed by atoms with Gasteiger partial charge in [-0.05, 0) is 86.8 Å². The van der Waals surface area contributed by atoms with Crippen LogP contribution < -0.4 is 5.32 Å². The number of benzene rings is 2. The summed E-state index contributed by atoms with van der Waals surface area (Å²) in [5.74, 6) is -2.49. The van der Waals surface area contributed by atoms with Gasteiger partial charge in [-0.25, -0.2) is 8.78 Å². The first-order valence-electron chi connectivity index (χ1n) is 11.8. The van der Waals surface area contributed by atoms with Gasteiger partial charge < -0.3 is 20.3 Å². The van der Waals surface area contributed by atoms with Crippen LogP contribution in [-0.4, -0.2) is 41.0 Å². The molecule has 0 fully saturated rings. The van der Waals surface area contributed by atoms with E-state index in [4.69, 9.17) is 9.84 Å². The third kappa shape index (κ3) is 7.32. The van der Waals surface area contributed by atoms with Crippen LogP contribution in [0.5, 0.6) is 0 Å². The van der Waals surface area contributed by atoms with Gasteiger partial charge in [0.1, 0.15) is 0 Å². The third-order valence-corrected chi connectivity index (χ3v) is 6.52. The maximum absolute atomic E-state index is 13.8. The Labute approximate surface area is 200 Å². The zero-order valence-electron chi connectivity index (χ0n) is 20.1. The number of fused-ring (bicyclic) bond motifs is 1. The largest absolute Gasteiger partial charge is 0.481 e. The number of aliphatic hydroxyl groups is 1. The Hall–Kier alpha value is -2.35. The second-order valence-electron chi connectivity index (χ2n) is 10.0. The lowest BCUT2D eigenvalue weighted by Crippen LogP contribution is -2.45. The summed E-state index contributed by atoms with van der Waals surface area (Å²) in [6, 6.07) is 10.6. The summed E-state index contributed by atoms with van der Waals surface area (Å²) in [6.07, 6.45) is 1.59. The lowest BCUT2D eigenvalue weighted by atomic mass is 9.88. The molecule has 3 rings (SSSR count). The minimum Gasteiger partial charge on any atom is -0.481 e. The first-order valence-corrected chi connectivity index (χ1v) is 11.8. The minimum absolute atomic E-state index is 0.0104. The van der Waals surface area contributed by atoms with Crippen LogP contribution in [0.3, 0.4) is 0 Å². The van der Waals surface area contributed by atoms with Crippen LogP contribution in [0.15, 0.2) is 36.4 Å². The maximum atomic E-state index is 13.8. The second-order valence-corrected chi connectivity index (χ2v) is 10.0. The SMILES string of the molecule is C[C@@H](OC[C@H](O)CNC(C)(C)CC1Cc2ccccc2C1)c1cc(F)c(F)cc1CCC(=O)O. The Kier molecular flexibility index (Phi) is 8.79. The van der Waals surface area contributed by atoms with Gasteiger partial charge in [0.05, 0.1) is 18.8 Å². The van der Waals surface area contributed by atoms with E-state index in [1.807, 2.05) is 0 Å². The summed E-state index contributed by atoms with van der Waals surface area (Å²) in [6.45, 7) is 6.28. The lowest BCUT2D eigenvalue weighted by Gasteiger charge is -2.31. The zero-order valence-corrected chi connectivity index (χ0v) is 20.1. The number of rotatable bonds is 12. The van der Waals surface area contributed by atoms with Crippen molar-refractivity contribution in [1.29, 1.82) is 0 Å². The molecule has 0 saturated carbocycles. The molecule has 0 heterocycles. The highest BCUT2D eigenvalue weighted by Crippen LogP contribution is 2.32. The van der Waals surface area contributed by atoms with E-state index in [1.165, 1.54) is 11.1 Å². The van der Waals surface area contributed by atoms with Crippen molar-refractivity contribution < 1.29 is 28.5 Å². The Morgan fingerprint density at radius 1 is 1.18 bits per heavy atom. The van der Waals surface area contributed by atoms with Gasteiger partial charge >= 0.3 is 5.97 Å². The number of carbonyl (C=O) groups is 1. The van der Waals surface area contributed by atoms with E-state index in [0.717, 1.165) is 31.4 Å². The standard InChI is InChI=1S/C27H35F2NO4/c1-17(23-13-25(29)24(28)12-21(23)8-9-26(32)33)34-16-22(31)15-30-27(2,3)14-18-10-19-6-4-5-7-20(19)11-18/h4-7,12-13,17-18,22,30-31H,8-11,14-16H2,1-3H3,(H,32,33)/t17-,22-/m1/s1. The van der Waals surface area contributed by atoms with Gasteiger partial charge in [0, 0.05) is 18.5 Å². The molecular formula is C27H35F2NO4. The molecule has 0 spiro atoms. The first kappa shape index (κ1) is 26.3. The first-order chi connectivity index (χ1) is 16.0. The number of ether oxygens (including phenoxy) is 1. The van der Waals surface area contributed by atoms with Crippen molar-refractivity contribution in [2.24, 2.45) is 5.92 Å². The summed E-state index contributed by atoms with van der Waals surface area (Å²) >= 11 is 0. The summed E-state index contributed by atoms with van der Waals surface area (Å²) in [5, 5.41) is 22.8. The van der Waals surface area contributed by atoms with Crippen LogP contribution in [0.2, 0.25) is 0 Å². The van der Waals surface area contributed by atoms with Crippen LogP contribution in [-0.2, 0) is 28.8 Å². The fourth-order valence-corrected chi connectivity index (χ4v) is 4.83. The van der Waals surface area contributed by atoms with Gasteiger partial charge in [-0.15, -0.1) is 0 Å². The van der Waals surface area contributed by atoms with Crippen molar-refractivity contribution >= 4 is 5.97 Å². The van der Waals surface area contributed by atoms with E-state index in [0.29, 0.717) is 23.6 Å². The third-order valence-electron chi connectivity index (χ3n) is 6.52. The predicted octanol–water partition coefficient (Wildman–Crippen LogP) is 4.59. The molecule has 5 nitrogen and oxygen atoms in total. The average molecular weight is 476 g/mol. The van der Waals surface area contributed by atoms with Crippen LogP contribution in [0, 0.1) is 17.6 Å². The van der Waals surface area contributed by atoms with Gasteiger partial charge in [-0.2, -0.15) is 0 Å². The van der Waals surface area contributed by atoms with Crippen molar-refractivity contribution in [1.82, 2.24) is 5.32 Å². The van der Waals surface area contributed by atoms with Gasteiger partial charge in [0.2, 0.25) is 0 Å². The Morgan fingerprint density at radius 2 is 1.79 bits per heavy atom. The highest BCUT2D eigenvalue weighted by molar-refractivity contribution is 5.67. The number of carboxylic acids is 1. The second kappa shape index (κ2) is 11.4. The van der Waals surface area contributed by atoms with Crippen molar-refractivity contribution in [2.75, 3.05) is 13.2 Å². The molecule has 0 unspecified atom stereocenters. The molecule has 3 N–H and O–H groups in total. The number of aryl methyl sites for hydroxylation is 1. The van der Waals surface area contributed by atoms with Gasteiger partial charge in [0.25, 0.3) is 0 Å². The lowest BCUT2D eigenvalue weighted by molar-refractivity contribution is -0.136. The number of carboxylic acid groups (broad SMARTS) is 1. The van der Waals surface area contributed by atoms with Crippen LogP contribution in [0.25, 0.3) is 0 Å². The Balaban J connectivity index is 1.48. The van der Waals surface area contributed by atoms with E-state index in [1.54, 1.807) is 6.92 Å². The molecule has 1 aliphatic rings. The zero-order chi connectivity index (χ0) is 24.9. The average Bonchev–Trinajstić information content (AvgIpc) is 3.18. The molecule has 186 valence electrons. The molecule has 2 aromatic rings. The number of aliphatic carboxylic acids is 1. The Morgan fingerprint density at radius 3 is 2.41 bits per heavy atom. The highest BCUT2D eigenvalue weighted by atomic mass is 19.2. The normalized spacial score (nSPS) is 15.8. The summed E-state index contributed by atoms with van der Waals surface area (Å²) in [5.41, 5.74) is 3.46. The topological polar surface area (TPSA) is 78.8 Å². The molecule has 34 heavy (non-hydrogen) atoms. The smallest absolute Gasteiger partial charge is 0.303 e. The summed E-state index contributed by atoms with van der Waals surface area (Å²) < 4.78 is 33.2. The molecule has 1 aliphatic carbocycles. The molecule has 7 heteroatoms. The Bertz CT molecular complexity index is 970. The number of β-amino-alcohol motifs (C(OH)–C–C–N with tert-alkyl or cyclic N) is 1. The molecule has 0 aliphatic heterocycles. The van der Waals surface area contributed by atoms with E-state index >= 15 is 0 Å². The fourth-order valence-electron chi connectivity index (χ4n) is 4.83. The number of hydrogen-bond acceptors (Lipinski definition) is 4. The quantitative estimate of drug-likeness (QED) is 0.418. The van der Waals surface area contributed by atoms with Crippen molar-refractivity contribution in [3.63, 3.8) is 0 Å². The monoisotopic (exact) mass is 475 g/mol. The van der Waals surface area contributed by atoms with Gasteiger partial charge in [-0.1, -0.05) is 24.3 Å².